The van der Waals surface area contributed by atoms with Crippen LogP contribution >= 0.6 is 0 Å². The second kappa shape index (κ2) is 38.5. The molecule has 0 saturated heterocycles. The van der Waals surface area contributed by atoms with Crippen molar-refractivity contribution in [1.82, 2.24) is 0 Å². The van der Waals surface area contributed by atoms with Gasteiger partial charge in [0.2, 0.25) is 0 Å². The highest BCUT2D eigenvalue weighted by atomic mass is 79.9. The van der Waals surface area contributed by atoms with Gasteiger partial charge in [-0.05, 0) is 165 Å². The second-order valence-corrected chi connectivity index (χ2v) is 19.9. The Labute approximate surface area is 491 Å². The third-order valence-electron chi connectivity index (χ3n) is 16.9. The van der Waals surface area contributed by atoms with Crippen LogP contribution in [-0.2, 0) is 12.8 Å². The van der Waals surface area contributed by atoms with Crippen molar-refractivity contribution in [1.29, 1.82) is 0 Å². The molecule has 0 aliphatic heterocycles. The van der Waals surface area contributed by atoms with Crippen LogP contribution in [0, 0.1) is 0 Å². The number of hydrogen-bond acceptors (Lipinski definition) is 2. The van der Waals surface area contributed by atoms with E-state index in [1.807, 2.05) is 0 Å². The van der Waals surface area contributed by atoms with Crippen LogP contribution in [-0.4, -0.2) is 136 Å². The lowest BCUT2D eigenvalue weighted by molar-refractivity contribution is -0.923. The Morgan fingerprint density at radius 2 is 0.507 bits per heavy atom. The second-order valence-electron chi connectivity index (χ2n) is 19.9. The van der Waals surface area contributed by atoms with Gasteiger partial charge in [-0.3, -0.25) is 0 Å². The van der Waals surface area contributed by atoms with E-state index < -0.39 is 0 Å². The summed E-state index contributed by atoms with van der Waals surface area (Å²) in [5.41, 5.74) is 10.1. The van der Waals surface area contributed by atoms with Crippen LogP contribution in [0.25, 0.3) is 11.1 Å². The van der Waals surface area contributed by atoms with Gasteiger partial charge in [0.05, 0.1) is 91.6 Å². The van der Waals surface area contributed by atoms with Crippen molar-refractivity contribution in [2.75, 3.05) is 118 Å². The Balaban J connectivity index is 0. The van der Waals surface area contributed by atoms with Crippen LogP contribution in [0.3, 0.4) is 0 Å². The third kappa shape index (κ3) is 21.7. The van der Waals surface area contributed by atoms with Gasteiger partial charge in [-0.1, -0.05) is 93.1 Å². The van der Waals surface area contributed by atoms with Crippen molar-refractivity contribution in [3.63, 3.8) is 0 Å². The summed E-state index contributed by atoms with van der Waals surface area (Å²) in [6.07, 6.45) is 5.84. The largest absolute Gasteiger partial charge is 1.00 e. The van der Waals surface area contributed by atoms with Gasteiger partial charge in [-0.2, -0.15) is 0 Å². The molecule has 0 heterocycles. The summed E-state index contributed by atoms with van der Waals surface area (Å²) in [5, 5.41) is 0. The van der Waals surface area contributed by atoms with Crippen molar-refractivity contribution in [3.05, 3.63) is 130 Å². The molecule has 0 aromatic heterocycles. The van der Waals surface area contributed by atoms with E-state index in [0.29, 0.717) is 13.2 Å². The molecule has 416 valence electrons. The summed E-state index contributed by atoms with van der Waals surface area (Å²) in [7, 11) is 0. The number of nitrogens with zero attached hydrogens (tertiary/aromatic N) is 4. The molecule has 0 aliphatic rings. The maximum Gasteiger partial charge on any atom is 0.137 e. The van der Waals surface area contributed by atoms with Crippen molar-refractivity contribution in [3.8, 4) is 11.5 Å². The lowest BCUT2D eigenvalue weighted by Gasteiger charge is -2.35. The average Bonchev–Trinajstić information content (AvgIpc) is 3.40. The Hall–Kier alpha value is -2.02. The fourth-order valence-electron chi connectivity index (χ4n) is 10.6. The summed E-state index contributed by atoms with van der Waals surface area (Å²) in [6.45, 7) is 52.0. The minimum absolute atomic E-state index is 0. The Bertz CT molecular complexity index is 1690. The first kappa shape index (κ1) is 73.1. The maximum atomic E-state index is 6.46. The van der Waals surface area contributed by atoms with Gasteiger partial charge in [0.1, 0.15) is 37.8 Å². The molecule has 4 aromatic rings. The molecule has 0 fully saturated rings. The third-order valence-corrected chi connectivity index (χ3v) is 16.9. The van der Waals surface area contributed by atoms with Crippen LogP contribution in [0.1, 0.15) is 150 Å². The molecule has 0 saturated carbocycles. The molecule has 0 aliphatic carbocycles. The summed E-state index contributed by atoms with van der Waals surface area (Å²) in [4.78, 5) is 0. The van der Waals surface area contributed by atoms with Crippen LogP contribution in [0.15, 0.2) is 97.1 Å². The number of halogens is 4. The first-order chi connectivity index (χ1) is 33.4. The predicted octanol–water partition coefficient (Wildman–Crippen LogP) is 2.26. The Morgan fingerprint density at radius 1 is 0.301 bits per heavy atom. The molecule has 4 rings (SSSR count). The zero-order valence-corrected chi connectivity index (χ0v) is 55.0. The molecule has 6 nitrogen and oxygen atoms in total. The van der Waals surface area contributed by atoms with Gasteiger partial charge < -0.3 is 95.3 Å². The molecule has 0 unspecified atom stereocenters. The SMILES string of the molecule is CCC.CC[N+](CC)(CC)CCCc1ccc(/C(=C(/c2ccc(CCC[N+](CC)(CC)CC)cc2)c2ccc(OCC[N+](CC)(CC)CC)cc2)c2ccc(OCC[N+](CC)(CC)CC)cc2)cc1.[Br-].[Br-].[Br-].[Br-]. The number of ether oxygens (including phenoxy) is 2. The van der Waals surface area contributed by atoms with Crippen LogP contribution in [0.5, 0.6) is 11.5 Å². The topological polar surface area (TPSA) is 18.5 Å². The first-order valence-electron chi connectivity index (χ1n) is 28.2. The molecule has 0 bridgehead atoms. The van der Waals surface area contributed by atoms with Crippen LogP contribution in [0.4, 0.5) is 0 Å². The summed E-state index contributed by atoms with van der Waals surface area (Å²) in [5.74, 6) is 1.85. The first-order valence-corrected chi connectivity index (χ1v) is 28.2. The van der Waals surface area contributed by atoms with E-state index in [0.717, 1.165) is 85.7 Å². The number of benzene rings is 4. The maximum absolute atomic E-state index is 6.46. The van der Waals surface area contributed by atoms with Gasteiger partial charge in [0, 0.05) is 12.8 Å². The molecule has 10 heteroatoms. The van der Waals surface area contributed by atoms with Gasteiger partial charge in [0.15, 0.2) is 0 Å². The van der Waals surface area contributed by atoms with E-state index in [1.165, 1.54) is 125 Å². The number of hydrogen-bond donors (Lipinski definition) is 0. The lowest BCUT2D eigenvalue weighted by atomic mass is 9.85. The molecule has 73 heavy (non-hydrogen) atoms. The van der Waals surface area contributed by atoms with Gasteiger partial charge >= 0.3 is 0 Å². The summed E-state index contributed by atoms with van der Waals surface area (Å²) < 4.78 is 17.5. The number of quaternary nitrogens is 4. The molecule has 0 atom stereocenters. The zero-order valence-electron chi connectivity index (χ0n) is 48.6. The predicted molar refractivity (Wildman–Crippen MR) is 301 cm³/mol. The quantitative estimate of drug-likeness (QED) is 0.0553. The molecule has 0 N–H and O–H groups in total. The minimum Gasteiger partial charge on any atom is -1.00 e. The standard InChI is InChI=1S/C60H96N4O2.C3H8.4BrH/c1-13-61(14-2,15-3)45-25-27-51-29-33-53(34-30-51)59(55-37-41-57(42-38-55)65-49-47-63(19-7,20-8)21-9)60(54-35-31-52(32-36-54)28-26-46-62(16-4,17-5)18-6)56-39-43-58(44-40-56)66-50-48-64(22-10,23-11)24-12;1-3-2;;;;/h29-44H,13-28,45-50H2,1-12H3;3H2,1-2H3;4*1H/q+4;;;;;/p-4/b60-59+;;;;;. The van der Waals surface area contributed by atoms with E-state index in [4.69, 9.17) is 9.47 Å². The lowest BCUT2D eigenvalue weighted by Crippen LogP contribution is -3.00. The fraction of sp³-hybridized carbons (Fsp3) is 0.587. The summed E-state index contributed by atoms with van der Waals surface area (Å²) >= 11 is 0. The monoisotopic (exact) mass is 1260 g/mol. The zero-order chi connectivity index (χ0) is 50.8. The van der Waals surface area contributed by atoms with Crippen molar-refractivity contribution >= 4 is 11.1 Å². The van der Waals surface area contributed by atoms with E-state index in [-0.39, 0.29) is 67.9 Å². The van der Waals surface area contributed by atoms with Crippen LogP contribution in [0.2, 0.25) is 0 Å². The highest BCUT2D eigenvalue weighted by molar-refractivity contribution is 6.04. The van der Waals surface area contributed by atoms with Crippen molar-refractivity contribution < 1.29 is 95.3 Å². The highest BCUT2D eigenvalue weighted by Gasteiger charge is 2.24. The minimum atomic E-state index is 0. The van der Waals surface area contributed by atoms with E-state index >= 15 is 0 Å². The fourth-order valence-corrected chi connectivity index (χ4v) is 10.6. The summed E-state index contributed by atoms with van der Waals surface area (Å²) in [6, 6.07) is 36.9. The van der Waals surface area contributed by atoms with E-state index in [1.54, 1.807) is 0 Å². The molecule has 0 radical (unpaired) electrons. The van der Waals surface area contributed by atoms with Crippen LogP contribution < -0.4 is 77.4 Å². The highest BCUT2D eigenvalue weighted by Crippen LogP contribution is 2.38. The van der Waals surface area contributed by atoms with E-state index in [9.17, 15) is 0 Å². The average molecular weight is 1270 g/mol. The van der Waals surface area contributed by atoms with Gasteiger partial charge in [-0.25, -0.2) is 0 Å². The molecular weight excluding hydrogens is 1160 g/mol. The molecular formula is C63H104Br4N4O2. The molecule has 4 aromatic carbocycles. The Kier molecular flexibility index (Phi) is 38.5. The Morgan fingerprint density at radius 3 is 0.726 bits per heavy atom. The number of rotatable bonds is 32. The van der Waals surface area contributed by atoms with E-state index in [2.05, 4.69) is 194 Å². The molecule has 0 spiro atoms. The van der Waals surface area contributed by atoms with Gasteiger partial charge in [-0.15, -0.1) is 0 Å². The normalized spacial score (nSPS) is 11.9. The van der Waals surface area contributed by atoms with Gasteiger partial charge in [0.25, 0.3) is 0 Å². The number of aryl methyl sites for hydroxylation is 2. The number of likely N-dealkylation sites (N-methyl/N-ethyl adjacent to an activating group) is 2. The molecule has 0 amide bonds. The van der Waals surface area contributed by atoms with Crippen molar-refractivity contribution in [2.24, 2.45) is 0 Å². The van der Waals surface area contributed by atoms with Crippen molar-refractivity contribution in [2.45, 2.75) is 129 Å². The smallest absolute Gasteiger partial charge is 0.137 e.